The Morgan fingerprint density at radius 2 is 1.83 bits per heavy atom. The Hall–Kier alpha value is -1.93. The summed E-state index contributed by atoms with van der Waals surface area (Å²) < 4.78 is 6.23. The highest BCUT2D eigenvalue weighted by molar-refractivity contribution is 9.10. The number of carbonyl (C=O) groups excluding carboxylic acids is 3. The van der Waals surface area contributed by atoms with E-state index in [1.54, 1.807) is 19.1 Å². The van der Waals surface area contributed by atoms with Crippen molar-refractivity contribution in [1.82, 2.24) is 14.7 Å². The number of amides is 4. The first-order valence-corrected chi connectivity index (χ1v) is 8.36. The van der Waals surface area contributed by atoms with Gasteiger partial charge in [0, 0.05) is 23.1 Å². The Bertz CT molecular complexity index is 665. The van der Waals surface area contributed by atoms with Crippen LogP contribution in [-0.2, 0) is 16.1 Å². The SMILES string of the molecule is CCCN1C(=O)C(=O)N(CN(C)Cc2cc(Br)ccc2OC)C1=O. The van der Waals surface area contributed by atoms with Crippen LogP contribution in [0, 0.1) is 0 Å². The third-order valence-corrected chi connectivity index (χ3v) is 4.14. The van der Waals surface area contributed by atoms with Crippen LogP contribution < -0.4 is 4.74 Å². The molecule has 0 saturated carbocycles. The molecule has 1 heterocycles. The van der Waals surface area contributed by atoms with E-state index in [4.69, 9.17) is 4.74 Å². The van der Waals surface area contributed by atoms with Crippen molar-refractivity contribution in [3.63, 3.8) is 0 Å². The molecule has 1 aliphatic heterocycles. The van der Waals surface area contributed by atoms with Crippen LogP contribution >= 0.6 is 15.9 Å². The molecule has 0 aliphatic carbocycles. The lowest BCUT2D eigenvalue weighted by Gasteiger charge is -2.23. The van der Waals surface area contributed by atoms with Crippen LogP contribution in [0.5, 0.6) is 5.75 Å². The zero-order valence-electron chi connectivity index (χ0n) is 13.9. The first-order chi connectivity index (χ1) is 11.4. The number of benzene rings is 1. The molecule has 1 aromatic rings. The number of carbonyl (C=O) groups is 3. The Labute approximate surface area is 149 Å². The second-order valence-electron chi connectivity index (χ2n) is 5.58. The standard InChI is InChI=1S/C16H20BrN3O4/c1-4-7-19-14(21)15(22)20(16(19)23)10-18(2)9-11-8-12(17)5-6-13(11)24-3/h5-6,8H,4,7,9-10H2,1-3H3. The minimum Gasteiger partial charge on any atom is -0.496 e. The molecule has 0 spiro atoms. The van der Waals surface area contributed by atoms with Gasteiger partial charge in [0.15, 0.2) is 0 Å². The fourth-order valence-corrected chi connectivity index (χ4v) is 2.96. The summed E-state index contributed by atoms with van der Waals surface area (Å²) in [6.07, 6.45) is 0.615. The number of urea groups is 1. The van der Waals surface area contributed by atoms with E-state index in [0.717, 1.165) is 19.8 Å². The number of methoxy groups -OCH3 is 1. The molecule has 8 heteroatoms. The first-order valence-electron chi connectivity index (χ1n) is 7.57. The lowest BCUT2D eigenvalue weighted by atomic mass is 10.2. The maximum absolute atomic E-state index is 12.2. The summed E-state index contributed by atoms with van der Waals surface area (Å²) in [7, 11) is 3.36. The van der Waals surface area contributed by atoms with E-state index in [-0.39, 0.29) is 13.2 Å². The summed E-state index contributed by atoms with van der Waals surface area (Å²) in [6, 6.07) is 5.07. The summed E-state index contributed by atoms with van der Waals surface area (Å²) in [5.74, 6) is -0.815. The van der Waals surface area contributed by atoms with Crippen LogP contribution in [-0.4, -0.2) is 59.9 Å². The van der Waals surface area contributed by atoms with Crippen LogP contribution in [0.15, 0.2) is 22.7 Å². The molecule has 0 atom stereocenters. The topological polar surface area (TPSA) is 70.2 Å². The Morgan fingerprint density at radius 3 is 2.46 bits per heavy atom. The summed E-state index contributed by atoms with van der Waals surface area (Å²) in [5.41, 5.74) is 0.908. The fourth-order valence-electron chi connectivity index (χ4n) is 2.55. The van der Waals surface area contributed by atoms with Crippen molar-refractivity contribution >= 4 is 33.8 Å². The smallest absolute Gasteiger partial charge is 0.335 e. The molecule has 7 nitrogen and oxygen atoms in total. The van der Waals surface area contributed by atoms with Crippen LogP contribution in [0.2, 0.25) is 0 Å². The van der Waals surface area contributed by atoms with Crippen molar-refractivity contribution in [3.8, 4) is 5.75 Å². The molecule has 1 aliphatic rings. The van der Waals surface area contributed by atoms with E-state index in [9.17, 15) is 14.4 Å². The van der Waals surface area contributed by atoms with E-state index < -0.39 is 17.8 Å². The van der Waals surface area contributed by atoms with Crippen molar-refractivity contribution in [3.05, 3.63) is 28.2 Å². The van der Waals surface area contributed by atoms with Crippen LogP contribution in [0.25, 0.3) is 0 Å². The molecule has 4 amide bonds. The van der Waals surface area contributed by atoms with Gasteiger partial charge in [-0.15, -0.1) is 0 Å². The molecule has 2 rings (SSSR count). The molecular formula is C16H20BrN3O4. The van der Waals surface area contributed by atoms with Crippen molar-refractivity contribution in [2.24, 2.45) is 0 Å². The maximum Gasteiger partial charge on any atom is 0.335 e. The van der Waals surface area contributed by atoms with Gasteiger partial charge >= 0.3 is 17.8 Å². The third kappa shape index (κ3) is 3.76. The lowest BCUT2D eigenvalue weighted by Crippen LogP contribution is -2.40. The van der Waals surface area contributed by atoms with Crippen molar-refractivity contribution < 1.29 is 19.1 Å². The molecule has 24 heavy (non-hydrogen) atoms. The van der Waals surface area contributed by atoms with Gasteiger partial charge < -0.3 is 4.74 Å². The van der Waals surface area contributed by atoms with E-state index in [1.807, 2.05) is 25.1 Å². The van der Waals surface area contributed by atoms with Gasteiger partial charge in [-0.25, -0.2) is 9.69 Å². The minimum absolute atomic E-state index is 0.0410. The quantitative estimate of drug-likeness (QED) is 0.520. The highest BCUT2D eigenvalue weighted by Gasteiger charge is 2.44. The molecule has 1 fully saturated rings. The summed E-state index contributed by atoms with van der Waals surface area (Å²) in [4.78, 5) is 39.9. The number of ether oxygens (including phenoxy) is 1. The molecular weight excluding hydrogens is 378 g/mol. The van der Waals surface area contributed by atoms with E-state index in [1.165, 1.54) is 0 Å². The average molecular weight is 398 g/mol. The molecule has 0 N–H and O–H groups in total. The molecule has 1 aromatic carbocycles. The van der Waals surface area contributed by atoms with Gasteiger partial charge in [-0.05, 0) is 31.7 Å². The van der Waals surface area contributed by atoms with Gasteiger partial charge in [0.2, 0.25) is 0 Å². The maximum atomic E-state index is 12.2. The predicted molar refractivity (Wildman–Crippen MR) is 91.3 cm³/mol. The number of nitrogens with zero attached hydrogens (tertiary/aromatic N) is 3. The zero-order valence-corrected chi connectivity index (χ0v) is 15.5. The highest BCUT2D eigenvalue weighted by Crippen LogP contribution is 2.24. The first kappa shape index (κ1) is 18.4. The molecule has 130 valence electrons. The second-order valence-corrected chi connectivity index (χ2v) is 6.50. The molecule has 0 radical (unpaired) electrons. The number of rotatable bonds is 7. The number of hydrogen-bond acceptors (Lipinski definition) is 5. The van der Waals surface area contributed by atoms with Crippen molar-refractivity contribution in [2.75, 3.05) is 27.4 Å². The van der Waals surface area contributed by atoms with Gasteiger partial charge in [-0.1, -0.05) is 22.9 Å². The van der Waals surface area contributed by atoms with Gasteiger partial charge in [0.1, 0.15) is 5.75 Å². The van der Waals surface area contributed by atoms with E-state index in [2.05, 4.69) is 15.9 Å². The largest absolute Gasteiger partial charge is 0.496 e. The van der Waals surface area contributed by atoms with Crippen LogP contribution in [0.3, 0.4) is 0 Å². The van der Waals surface area contributed by atoms with Gasteiger partial charge in [0.25, 0.3) is 0 Å². The molecule has 0 unspecified atom stereocenters. The Kier molecular flexibility index (Phi) is 5.95. The highest BCUT2D eigenvalue weighted by atomic mass is 79.9. The predicted octanol–water partition coefficient (Wildman–Crippen LogP) is 2.05. The van der Waals surface area contributed by atoms with E-state index >= 15 is 0 Å². The van der Waals surface area contributed by atoms with Crippen molar-refractivity contribution in [1.29, 1.82) is 0 Å². The lowest BCUT2D eigenvalue weighted by molar-refractivity contribution is -0.143. The normalized spacial score (nSPS) is 15.0. The monoisotopic (exact) mass is 397 g/mol. The van der Waals surface area contributed by atoms with Gasteiger partial charge in [-0.3, -0.25) is 19.4 Å². The zero-order chi connectivity index (χ0) is 17.9. The van der Waals surface area contributed by atoms with Crippen molar-refractivity contribution in [2.45, 2.75) is 19.9 Å². The Balaban J connectivity index is 2.08. The third-order valence-electron chi connectivity index (χ3n) is 3.65. The number of hydrogen-bond donors (Lipinski definition) is 0. The van der Waals surface area contributed by atoms with Gasteiger partial charge in [0.05, 0.1) is 13.8 Å². The minimum atomic E-state index is -0.776. The summed E-state index contributed by atoms with van der Waals surface area (Å²) >= 11 is 3.41. The molecule has 0 aromatic heterocycles. The number of halogens is 1. The molecule has 1 saturated heterocycles. The summed E-state index contributed by atoms with van der Waals surface area (Å²) in [5, 5.41) is 0. The van der Waals surface area contributed by atoms with Crippen LogP contribution in [0.4, 0.5) is 4.79 Å². The fraction of sp³-hybridized carbons (Fsp3) is 0.438. The second kappa shape index (κ2) is 7.76. The van der Waals surface area contributed by atoms with E-state index in [0.29, 0.717) is 18.7 Å². The number of imide groups is 2. The summed E-state index contributed by atoms with van der Waals surface area (Å²) in [6.45, 7) is 2.60. The molecule has 0 bridgehead atoms. The van der Waals surface area contributed by atoms with Crippen LogP contribution in [0.1, 0.15) is 18.9 Å². The average Bonchev–Trinajstić information content (AvgIpc) is 2.73. The Morgan fingerprint density at radius 1 is 1.17 bits per heavy atom. The van der Waals surface area contributed by atoms with Gasteiger partial charge in [-0.2, -0.15) is 0 Å².